The smallest absolute Gasteiger partial charge is 0.254 e. The van der Waals surface area contributed by atoms with Gasteiger partial charge in [-0.25, -0.2) is 13.1 Å². The van der Waals surface area contributed by atoms with Crippen molar-refractivity contribution in [3.63, 3.8) is 0 Å². The molecule has 2 N–H and O–H groups in total. The van der Waals surface area contributed by atoms with Crippen molar-refractivity contribution in [1.82, 2.24) is 9.62 Å². The fourth-order valence-electron chi connectivity index (χ4n) is 3.91. The van der Waals surface area contributed by atoms with E-state index in [1.54, 1.807) is 30.0 Å². The van der Waals surface area contributed by atoms with Crippen molar-refractivity contribution in [3.8, 4) is 5.75 Å². The molecule has 0 aromatic heterocycles. The summed E-state index contributed by atoms with van der Waals surface area (Å²) in [5.41, 5.74) is 2.71. The molecule has 1 heterocycles. The first kappa shape index (κ1) is 22.8. The number of phenolic OH excluding ortho intramolecular Hbond substituents is 1. The molecular weight excluding hydrogens is 438 g/mol. The van der Waals surface area contributed by atoms with Crippen LogP contribution in [0.4, 0.5) is 5.69 Å². The number of piperazine rings is 1. The van der Waals surface area contributed by atoms with Gasteiger partial charge in [-0.3, -0.25) is 4.79 Å². The molecule has 33 heavy (non-hydrogen) atoms. The predicted molar refractivity (Wildman–Crippen MR) is 128 cm³/mol. The Morgan fingerprint density at radius 2 is 1.61 bits per heavy atom. The van der Waals surface area contributed by atoms with E-state index in [9.17, 15) is 18.3 Å². The number of hydrogen-bond donors (Lipinski definition) is 2. The second-order valence-electron chi connectivity index (χ2n) is 8.05. The standard InChI is InChI=1S/C25H27N3O4S/c1-19-11-12-21(33(31,32)26-18-20-7-3-2-4-8-20)17-22(19)25(30)28-15-13-27(14-16-28)23-9-5-6-10-24(23)29/h2-12,17,26,29H,13-16,18H2,1H3. The molecule has 1 aliphatic rings. The average Bonchev–Trinajstić information content (AvgIpc) is 2.84. The second kappa shape index (κ2) is 9.64. The van der Waals surface area contributed by atoms with Gasteiger partial charge in [0.2, 0.25) is 10.0 Å². The van der Waals surface area contributed by atoms with Gasteiger partial charge in [-0.15, -0.1) is 0 Å². The van der Waals surface area contributed by atoms with Crippen molar-refractivity contribution in [2.45, 2.75) is 18.4 Å². The summed E-state index contributed by atoms with van der Waals surface area (Å²) in [6, 6.07) is 21.1. The van der Waals surface area contributed by atoms with E-state index in [0.29, 0.717) is 31.7 Å². The molecule has 7 nitrogen and oxygen atoms in total. The maximum absolute atomic E-state index is 13.2. The number of aromatic hydroxyl groups is 1. The fraction of sp³-hybridized carbons (Fsp3) is 0.240. The van der Waals surface area contributed by atoms with Gasteiger partial charge in [0.15, 0.2) is 0 Å². The maximum Gasteiger partial charge on any atom is 0.254 e. The highest BCUT2D eigenvalue weighted by Gasteiger charge is 2.26. The van der Waals surface area contributed by atoms with Crippen LogP contribution in [0.5, 0.6) is 5.75 Å². The van der Waals surface area contributed by atoms with Gasteiger partial charge < -0.3 is 14.9 Å². The molecule has 0 spiro atoms. The Kier molecular flexibility index (Phi) is 6.67. The summed E-state index contributed by atoms with van der Waals surface area (Å²) in [4.78, 5) is 17.1. The number of phenols is 1. The van der Waals surface area contributed by atoms with Crippen molar-refractivity contribution in [3.05, 3.63) is 89.5 Å². The van der Waals surface area contributed by atoms with Gasteiger partial charge in [0.25, 0.3) is 5.91 Å². The molecule has 1 fully saturated rings. The molecule has 8 heteroatoms. The van der Waals surface area contributed by atoms with Crippen LogP contribution in [0.15, 0.2) is 77.7 Å². The number of rotatable bonds is 6. The van der Waals surface area contributed by atoms with E-state index in [1.165, 1.54) is 12.1 Å². The summed E-state index contributed by atoms with van der Waals surface area (Å²) >= 11 is 0. The molecular formula is C25H27N3O4S. The van der Waals surface area contributed by atoms with Gasteiger partial charge in [-0.2, -0.15) is 0 Å². The zero-order valence-corrected chi connectivity index (χ0v) is 19.3. The number of nitrogens with zero attached hydrogens (tertiary/aromatic N) is 2. The van der Waals surface area contributed by atoms with Crippen LogP contribution in [0.3, 0.4) is 0 Å². The summed E-state index contributed by atoms with van der Waals surface area (Å²) in [5, 5.41) is 10.1. The summed E-state index contributed by atoms with van der Waals surface area (Å²) in [7, 11) is -3.77. The molecule has 0 bridgehead atoms. The molecule has 1 amide bonds. The number of carbonyl (C=O) groups excluding carboxylic acids is 1. The molecule has 0 unspecified atom stereocenters. The number of anilines is 1. The molecule has 0 radical (unpaired) electrons. The minimum absolute atomic E-state index is 0.0697. The Bertz CT molecular complexity index is 1240. The highest BCUT2D eigenvalue weighted by molar-refractivity contribution is 7.89. The Morgan fingerprint density at radius 1 is 0.939 bits per heavy atom. The minimum atomic E-state index is -3.77. The lowest BCUT2D eigenvalue weighted by molar-refractivity contribution is 0.0745. The summed E-state index contributed by atoms with van der Waals surface area (Å²) in [6.07, 6.45) is 0. The molecule has 1 aliphatic heterocycles. The first-order chi connectivity index (χ1) is 15.8. The van der Waals surface area contributed by atoms with Gasteiger partial charge in [-0.1, -0.05) is 48.5 Å². The Labute approximate surface area is 194 Å². The largest absolute Gasteiger partial charge is 0.506 e. The first-order valence-corrected chi connectivity index (χ1v) is 12.3. The van der Waals surface area contributed by atoms with Crippen LogP contribution in [0, 0.1) is 6.92 Å². The fourth-order valence-corrected chi connectivity index (χ4v) is 4.95. The third-order valence-corrected chi connectivity index (χ3v) is 7.25. The number of hydrogen-bond acceptors (Lipinski definition) is 5. The third-order valence-electron chi connectivity index (χ3n) is 5.85. The van der Waals surface area contributed by atoms with Crippen molar-refractivity contribution in [2.75, 3.05) is 31.1 Å². The average molecular weight is 466 g/mol. The summed E-state index contributed by atoms with van der Waals surface area (Å²) in [6.45, 7) is 4.11. The number of benzene rings is 3. The van der Waals surface area contributed by atoms with Crippen LogP contribution < -0.4 is 9.62 Å². The normalized spacial score (nSPS) is 14.3. The lowest BCUT2D eigenvalue weighted by Crippen LogP contribution is -2.49. The van der Waals surface area contributed by atoms with Gasteiger partial charge in [0.1, 0.15) is 5.75 Å². The van der Waals surface area contributed by atoms with Crippen LogP contribution in [-0.2, 0) is 16.6 Å². The lowest BCUT2D eigenvalue weighted by atomic mass is 10.1. The monoisotopic (exact) mass is 465 g/mol. The molecule has 0 atom stereocenters. The molecule has 3 aromatic carbocycles. The summed E-state index contributed by atoms with van der Waals surface area (Å²) < 4.78 is 28.3. The van der Waals surface area contributed by atoms with Crippen molar-refractivity contribution < 1.29 is 18.3 Å². The van der Waals surface area contributed by atoms with E-state index in [2.05, 4.69) is 4.72 Å². The molecule has 172 valence electrons. The Hall–Kier alpha value is -3.36. The van der Waals surface area contributed by atoms with E-state index >= 15 is 0 Å². The Balaban J connectivity index is 1.46. The Morgan fingerprint density at radius 3 is 2.30 bits per heavy atom. The number of para-hydroxylation sites is 2. The molecule has 0 aliphatic carbocycles. The number of sulfonamides is 1. The lowest BCUT2D eigenvalue weighted by Gasteiger charge is -2.36. The topological polar surface area (TPSA) is 90.0 Å². The minimum Gasteiger partial charge on any atom is -0.506 e. The van der Waals surface area contributed by atoms with Gasteiger partial charge >= 0.3 is 0 Å². The second-order valence-corrected chi connectivity index (χ2v) is 9.82. The first-order valence-electron chi connectivity index (χ1n) is 10.8. The SMILES string of the molecule is Cc1ccc(S(=O)(=O)NCc2ccccc2)cc1C(=O)N1CCN(c2ccccc2O)CC1. The van der Waals surface area contributed by atoms with E-state index < -0.39 is 10.0 Å². The number of carbonyl (C=O) groups is 1. The highest BCUT2D eigenvalue weighted by atomic mass is 32.2. The van der Waals surface area contributed by atoms with Gasteiger partial charge in [-0.05, 0) is 42.3 Å². The predicted octanol–water partition coefficient (Wildman–Crippen LogP) is 3.14. The van der Waals surface area contributed by atoms with Crippen molar-refractivity contribution >= 4 is 21.6 Å². The van der Waals surface area contributed by atoms with Crippen LogP contribution in [0.1, 0.15) is 21.5 Å². The van der Waals surface area contributed by atoms with E-state index in [4.69, 9.17) is 0 Å². The van der Waals surface area contributed by atoms with Crippen LogP contribution in [0.2, 0.25) is 0 Å². The quantitative estimate of drug-likeness (QED) is 0.584. The number of nitrogens with one attached hydrogen (secondary N) is 1. The molecule has 0 saturated carbocycles. The van der Waals surface area contributed by atoms with Crippen molar-refractivity contribution in [2.24, 2.45) is 0 Å². The van der Waals surface area contributed by atoms with Gasteiger partial charge in [0.05, 0.1) is 10.6 Å². The van der Waals surface area contributed by atoms with Crippen LogP contribution >= 0.6 is 0 Å². The molecule has 1 saturated heterocycles. The third kappa shape index (κ3) is 5.18. The van der Waals surface area contributed by atoms with Crippen LogP contribution in [0.25, 0.3) is 0 Å². The van der Waals surface area contributed by atoms with Crippen molar-refractivity contribution in [1.29, 1.82) is 0 Å². The molecule has 4 rings (SSSR count). The highest BCUT2D eigenvalue weighted by Crippen LogP contribution is 2.27. The van der Waals surface area contributed by atoms with E-state index in [1.807, 2.05) is 47.4 Å². The van der Waals surface area contributed by atoms with E-state index in [-0.39, 0.29) is 23.1 Å². The summed E-state index contributed by atoms with van der Waals surface area (Å²) in [5.74, 6) is 0.0265. The zero-order valence-electron chi connectivity index (χ0n) is 18.4. The maximum atomic E-state index is 13.2. The van der Waals surface area contributed by atoms with Crippen LogP contribution in [-0.4, -0.2) is 50.5 Å². The van der Waals surface area contributed by atoms with Gasteiger partial charge in [0, 0.05) is 38.3 Å². The number of aryl methyl sites for hydroxylation is 1. The zero-order chi connectivity index (χ0) is 23.4. The molecule has 3 aromatic rings. The number of amides is 1. The van der Waals surface area contributed by atoms with E-state index in [0.717, 1.165) is 16.8 Å².